The van der Waals surface area contributed by atoms with Gasteiger partial charge in [-0.25, -0.2) is 4.98 Å². The lowest BCUT2D eigenvalue weighted by Gasteiger charge is -2.16. The minimum Gasteiger partial charge on any atom is -0.506 e. The summed E-state index contributed by atoms with van der Waals surface area (Å²) in [5, 5.41) is 13.0. The molecule has 0 fully saturated rings. The summed E-state index contributed by atoms with van der Waals surface area (Å²) in [5.41, 5.74) is 2.42. The summed E-state index contributed by atoms with van der Waals surface area (Å²) >= 11 is 1.32. The number of thiazole rings is 1. The van der Waals surface area contributed by atoms with Crippen LogP contribution in [-0.2, 0) is 4.79 Å². The first-order valence-corrected chi connectivity index (χ1v) is 9.38. The first-order chi connectivity index (χ1) is 13.7. The first-order valence-electron chi connectivity index (χ1n) is 8.56. The highest BCUT2D eigenvalue weighted by molar-refractivity contribution is 7.19. The molecule has 0 radical (unpaired) electrons. The summed E-state index contributed by atoms with van der Waals surface area (Å²) in [5.74, 6) is -0.601. The van der Waals surface area contributed by atoms with Crippen molar-refractivity contribution >= 4 is 22.4 Å². The predicted octanol–water partition coefficient (Wildman–Crippen LogP) is 4.08. The summed E-state index contributed by atoms with van der Waals surface area (Å²) in [6.07, 6.45) is 8.04. The largest absolute Gasteiger partial charge is 0.506 e. The Kier molecular flexibility index (Phi) is 5.07. The fourth-order valence-electron chi connectivity index (χ4n) is 2.89. The number of carbonyl (C=O) groups is 1. The second-order valence-electron chi connectivity index (χ2n) is 6.08. The van der Waals surface area contributed by atoms with Crippen molar-refractivity contribution in [3.63, 3.8) is 0 Å². The number of aromatic hydroxyl groups is 1. The van der Waals surface area contributed by atoms with Crippen LogP contribution in [-0.4, -0.2) is 26.0 Å². The summed E-state index contributed by atoms with van der Waals surface area (Å²) in [6, 6.07) is 14.9. The number of hydrogen-bond donors (Lipinski definition) is 2. The Bertz CT molecular complexity index is 1040. The second kappa shape index (κ2) is 7.98. The molecule has 6 nitrogen and oxygen atoms in total. The first kappa shape index (κ1) is 17.8. The van der Waals surface area contributed by atoms with E-state index in [2.05, 4.69) is 20.3 Å². The van der Waals surface area contributed by atoms with Gasteiger partial charge in [0.1, 0.15) is 5.75 Å². The van der Waals surface area contributed by atoms with E-state index in [1.807, 2.05) is 42.5 Å². The predicted molar refractivity (Wildman–Crippen MR) is 108 cm³/mol. The molecule has 4 aromatic rings. The molecule has 4 rings (SSSR count). The molecule has 3 aromatic heterocycles. The topological polar surface area (TPSA) is 88.0 Å². The number of aromatic nitrogens is 3. The third kappa shape index (κ3) is 3.89. The van der Waals surface area contributed by atoms with Gasteiger partial charge in [-0.05, 0) is 23.3 Å². The van der Waals surface area contributed by atoms with Gasteiger partial charge in [0.25, 0.3) is 0 Å². The van der Waals surface area contributed by atoms with E-state index in [1.54, 1.807) is 30.9 Å². The van der Waals surface area contributed by atoms with Crippen molar-refractivity contribution in [2.75, 3.05) is 5.32 Å². The van der Waals surface area contributed by atoms with E-state index in [-0.39, 0.29) is 11.7 Å². The van der Waals surface area contributed by atoms with Crippen molar-refractivity contribution in [3.8, 4) is 16.2 Å². The van der Waals surface area contributed by atoms with E-state index < -0.39 is 5.92 Å². The molecule has 1 unspecified atom stereocenters. The van der Waals surface area contributed by atoms with Gasteiger partial charge in [0.15, 0.2) is 5.13 Å². The lowest BCUT2D eigenvalue weighted by atomic mass is 9.92. The Hall–Kier alpha value is -3.58. The van der Waals surface area contributed by atoms with E-state index in [4.69, 9.17) is 0 Å². The molecular formula is C21H16N4O2S. The maximum atomic E-state index is 13.1. The number of benzene rings is 1. The maximum absolute atomic E-state index is 13.1. The molecule has 0 aliphatic rings. The van der Waals surface area contributed by atoms with Crippen molar-refractivity contribution < 1.29 is 9.90 Å². The molecule has 0 saturated carbocycles. The van der Waals surface area contributed by atoms with Crippen molar-refractivity contribution in [3.05, 3.63) is 90.6 Å². The molecule has 1 amide bonds. The minimum absolute atomic E-state index is 0.0807. The van der Waals surface area contributed by atoms with E-state index >= 15 is 0 Å². The second-order valence-corrected chi connectivity index (χ2v) is 7.11. The number of nitrogens with one attached hydrogen (secondary N) is 1. The molecule has 7 heteroatoms. The van der Waals surface area contributed by atoms with E-state index in [1.165, 1.54) is 17.5 Å². The van der Waals surface area contributed by atoms with E-state index in [0.717, 1.165) is 21.6 Å². The van der Waals surface area contributed by atoms with Gasteiger partial charge >= 0.3 is 0 Å². The van der Waals surface area contributed by atoms with Crippen molar-refractivity contribution in [1.82, 2.24) is 15.0 Å². The van der Waals surface area contributed by atoms with Crippen LogP contribution in [0.15, 0.2) is 79.5 Å². The number of amides is 1. The van der Waals surface area contributed by atoms with Gasteiger partial charge in [-0.2, -0.15) is 0 Å². The standard InChI is InChI=1S/C21H16N4O2S/c26-17-9-16(11-23-12-17)18-13-24-21(28-18)25-20(27)19(14-5-2-1-3-6-14)15-7-4-8-22-10-15/h1-13,19,26H,(H,24,25,27). The van der Waals surface area contributed by atoms with Crippen LogP contribution in [0.5, 0.6) is 5.75 Å². The summed E-state index contributed by atoms with van der Waals surface area (Å²) in [7, 11) is 0. The quantitative estimate of drug-likeness (QED) is 0.538. The third-order valence-electron chi connectivity index (χ3n) is 4.16. The lowest BCUT2D eigenvalue weighted by Crippen LogP contribution is -2.22. The molecule has 0 spiro atoms. The zero-order valence-corrected chi connectivity index (χ0v) is 15.5. The van der Waals surface area contributed by atoms with Gasteiger partial charge in [-0.3, -0.25) is 14.8 Å². The van der Waals surface area contributed by atoms with Gasteiger partial charge in [-0.1, -0.05) is 47.7 Å². The van der Waals surface area contributed by atoms with Crippen LogP contribution in [0.4, 0.5) is 5.13 Å². The summed E-state index contributed by atoms with van der Waals surface area (Å²) < 4.78 is 0. The minimum atomic E-state index is -0.496. The smallest absolute Gasteiger partial charge is 0.238 e. The monoisotopic (exact) mass is 388 g/mol. The van der Waals surface area contributed by atoms with Crippen LogP contribution in [0, 0.1) is 0 Å². The molecular weight excluding hydrogens is 372 g/mol. The molecule has 1 atom stereocenters. The van der Waals surface area contributed by atoms with Crippen LogP contribution in [0.3, 0.4) is 0 Å². The normalized spacial score (nSPS) is 11.7. The number of nitrogens with zero attached hydrogens (tertiary/aromatic N) is 3. The highest BCUT2D eigenvalue weighted by Crippen LogP contribution is 2.32. The lowest BCUT2D eigenvalue weighted by molar-refractivity contribution is -0.116. The molecule has 28 heavy (non-hydrogen) atoms. The summed E-state index contributed by atoms with van der Waals surface area (Å²) in [6.45, 7) is 0. The van der Waals surface area contributed by atoms with E-state index in [0.29, 0.717) is 5.13 Å². The average molecular weight is 388 g/mol. The van der Waals surface area contributed by atoms with Crippen LogP contribution in [0.25, 0.3) is 10.4 Å². The van der Waals surface area contributed by atoms with Crippen LogP contribution < -0.4 is 5.32 Å². The Morgan fingerprint density at radius 3 is 2.54 bits per heavy atom. The molecule has 0 bridgehead atoms. The van der Waals surface area contributed by atoms with Crippen LogP contribution in [0.2, 0.25) is 0 Å². The average Bonchev–Trinajstić information content (AvgIpc) is 3.18. The number of rotatable bonds is 5. The highest BCUT2D eigenvalue weighted by Gasteiger charge is 2.24. The van der Waals surface area contributed by atoms with Crippen molar-refractivity contribution in [2.24, 2.45) is 0 Å². The van der Waals surface area contributed by atoms with Crippen LogP contribution >= 0.6 is 11.3 Å². The van der Waals surface area contributed by atoms with Gasteiger partial charge in [0, 0.05) is 30.4 Å². The Balaban J connectivity index is 1.60. The third-order valence-corrected chi connectivity index (χ3v) is 5.12. The van der Waals surface area contributed by atoms with Crippen molar-refractivity contribution in [1.29, 1.82) is 0 Å². The highest BCUT2D eigenvalue weighted by atomic mass is 32.1. The number of anilines is 1. The molecule has 138 valence electrons. The molecule has 0 saturated heterocycles. The fraction of sp³-hybridized carbons (Fsp3) is 0.0476. The Morgan fingerprint density at radius 2 is 1.79 bits per heavy atom. The Labute approximate surface area is 165 Å². The fourth-order valence-corrected chi connectivity index (χ4v) is 3.69. The molecule has 1 aromatic carbocycles. The number of hydrogen-bond acceptors (Lipinski definition) is 6. The summed E-state index contributed by atoms with van der Waals surface area (Å²) in [4.78, 5) is 26.3. The maximum Gasteiger partial charge on any atom is 0.238 e. The molecule has 0 aliphatic carbocycles. The molecule has 2 N–H and O–H groups in total. The SMILES string of the molecule is O=C(Nc1ncc(-c2cncc(O)c2)s1)C(c1ccccc1)c1cccnc1. The zero-order valence-electron chi connectivity index (χ0n) is 14.7. The van der Waals surface area contributed by atoms with E-state index in [9.17, 15) is 9.90 Å². The number of carbonyl (C=O) groups excluding carboxylic acids is 1. The Morgan fingerprint density at radius 1 is 0.964 bits per heavy atom. The van der Waals surface area contributed by atoms with Gasteiger partial charge in [0.05, 0.1) is 17.0 Å². The van der Waals surface area contributed by atoms with Gasteiger partial charge in [0.2, 0.25) is 5.91 Å². The van der Waals surface area contributed by atoms with Gasteiger partial charge < -0.3 is 10.4 Å². The van der Waals surface area contributed by atoms with Crippen molar-refractivity contribution in [2.45, 2.75) is 5.92 Å². The molecule has 3 heterocycles. The van der Waals surface area contributed by atoms with Gasteiger partial charge in [-0.15, -0.1) is 0 Å². The van der Waals surface area contributed by atoms with Crippen LogP contribution in [0.1, 0.15) is 17.0 Å². The number of pyridine rings is 2. The zero-order chi connectivity index (χ0) is 19.3. The molecule has 0 aliphatic heterocycles.